The standard InChI is InChI=1S/C16H14ClNO3/c1-9-4-3-5-10(2)14(9)15(19)18-13-7-6-11(16(20)21)8-12(13)17/h3-8H,1-2H3,(H,18,19)(H,20,21). The van der Waals surface area contributed by atoms with Crippen LogP contribution in [0.25, 0.3) is 0 Å². The predicted molar refractivity (Wildman–Crippen MR) is 82.3 cm³/mol. The van der Waals surface area contributed by atoms with Gasteiger partial charge in [-0.3, -0.25) is 4.79 Å². The van der Waals surface area contributed by atoms with Crippen molar-refractivity contribution in [2.75, 3.05) is 5.32 Å². The Bertz CT molecular complexity index is 705. The van der Waals surface area contributed by atoms with Crippen molar-refractivity contribution < 1.29 is 14.7 Å². The highest BCUT2D eigenvalue weighted by molar-refractivity contribution is 6.34. The summed E-state index contributed by atoms with van der Waals surface area (Å²) in [7, 11) is 0. The first-order valence-corrected chi connectivity index (χ1v) is 6.68. The lowest BCUT2D eigenvalue weighted by Crippen LogP contribution is -2.15. The van der Waals surface area contributed by atoms with E-state index in [1.54, 1.807) is 0 Å². The Balaban J connectivity index is 2.30. The Labute approximate surface area is 127 Å². The van der Waals surface area contributed by atoms with Gasteiger partial charge < -0.3 is 10.4 Å². The van der Waals surface area contributed by atoms with E-state index in [4.69, 9.17) is 16.7 Å². The van der Waals surface area contributed by atoms with Crippen LogP contribution < -0.4 is 5.32 Å². The minimum absolute atomic E-state index is 0.0741. The third kappa shape index (κ3) is 3.23. The van der Waals surface area contributed by atoms with Gasteiger partial charge in [0.2, 0.25) is 0 Å². The largest absolute Gasteiger partial charge is 0.478 e. The van der Waals surface area contributed by atoms with Crippen LogP contribution in [-0.2, 0) is 0 Å². The van der Waals surface area contributed by atoms with Crippen LogP contribution in [0.15, 0.2) is 36.4 Å². The van der Waals surface area contributed by atoms with Gasteiger partial charge in [0.25, 0.3) is 5.91 Å². The summed E-state index contributed by atoms with van der Waals surface area (Å²) >= 11 is 6.01. The van der Waals surface area contributed by atoms with Gasteiger partial charge in [0, 0.05) is 5.56 Å². The molecule has 0 spiro atoms. The summed E-state index contributed by atoms with van der Waals surface area (Å²) < 4.78 is 0. The molecule has 0 bridgehead atoms. The first-order valence-electron chi connectivity index (χ1n) is 6.30. The summed E-state index contributed by atoms with van der Waals surface area (Å²) in [4.78, 5) is 23.2. The number of amides is 1. The smallest absolute Gasteiger partial charge is 0.335 e. The van der Waals surface area contributed by atoms with Crippen molar-refractivity contribution in [2.45, 2.75) is 13.8 Å². The fourth-order valence-electron chi connectivity index (χ4n) is 2.11. The molecule has 108 valence electrons. The van der Waals surface area contributed by atoms with Crippen molar-refractivity contribution in [3.8, 4) is 0 Å². The number of hydrogen-bond donors (Lipinski definition) is 2. The second kappa shape index (κ2) is 5.97. The summed E-state index contributed by atoms with van der Waals surface area (Å²) in [5.74, 6) is -1.33. The van der Waals surface area contributed by atoms with E-state index in [1.807, 2.05) is 32.0 Å². The lowest BCUT2D eigenvalue weighted by molar-refractivity contribution is 0.0696. The van der Waals surface area contributed by atoms with E-state index < -0.39 is 5.97 Å². The van der Waals surface area contributed by atoms with Gasteiger partial charge in [0.05, 0.1) is 16.3 Å². The summed E-state index contributed by atoms with van der Waals surface area (Å²) in [6.07, 6.45) is 0. The molecular formula is C16H14ClNO3. The SMILES string of the molecule is Cc1cccc(C)c1C(=O)Nc1ccc(C(=O)O)cc1Cl. The number of carbonyl (C=O) groups is 2. The maximum Gasteiger partial charge on any atom is 0.335 e. The normalized spacial score (nSPS) is 10.2. The summed E-state index contributed by atoms with van der Waals surface area (Å²) in [6, 6.07) is 9.79. The molecule has 2 rings (SSSR count). The molecule has 5 heteroatoms. The van der Waals surface area contributed by atoms with Gasteiger partial charge in [0.15, 0.2) is 0 Å². The Morgan fingerprint density at radius 1 is 1.10 bits per heavy atom. The van der Waals surface area contributed by atoms with E-state index in [1.165, 1.54) is 18.2 Å². The maximum atomic E-state index is 12.3. The molecule has 0 unspecified atom stereocenters. The van der Waals surface area contributed by atoms with Gasteiger partial charge in [-0.2, -0.15) is 0 Å². The van der Waals surface area contributed by atoms with Crippen LogP contribution in [0.3, 0.4) is 0 Å². The topological polar surface area (TPSA) is 66.4 Å². The molecule has 0 heterocycles. The lowest BCUT2D eigenvalue weighted by Gasteiger charge is -2.11. The molecule has 0 aliphatic carbocycles. The Kier molecular flexibility index (Phi) is 4.29. The van der Waals surface area contributed by atoms with Crippen molar-refractivity contribution in [3.63, 3.8) is 0 Å². The van der Waals surface area contributed by atoms with Crippen molar-refractivity contribution in [2.24, 2.45) is 0 Å². The zero-order valence-electron chi connectivity index (χ0n) is 11.6. The number of anilines is 1. The van der Waals surface area contributed by atoms with E-state index in [-0.39, 0.29) is 16.5 Å². The molecule has 0 aliphatic heterocycles. The number of nitrogens with one attached hydrogen (secondary N) is 1. The molecule has 0 radical (unpaired) electrons. The lowest BCUT2D eigenvalue weighted by atomic mass is 10.0. The average Bonchev–Trinajstić information content (AvgIpc) is 2.40. The number of aryl methyl sites for hydroxylation is 2. The minimum atomic E-state index is -1.07. The van der Waals surface area contributed by atoms with Crippen molar-refractivity contribution in [1.82, 2.24) is 0 Å². The molecule has 2 aromatic rings. The van der Waals surface area contributed by atoms with Gasteiger partial charge >= 0.3 is 5.97 Å². The van der Waals surface area contributed by atoms with E-state index in [0.29, 0.717) is 11.3 Å². The van der Waals surface area contributed by atoms with Gasteiger partial charge in [-0.15, -0.1) is 0 Å². The Morgan fingerprint density at radius 2 is 1.71 bits per heavy atom. The van der Waals surface area contributed by atoms with Crippen molar-refractivity contribution in [3.05, 3.63) is 63.7 Å². The van der Waals surface area contributed by atoms with Crippen LogP contribution in [0.2, 0.25) is 5.02 Å². The van der Waals surface area contributed by atoms with Gasteiger partial charge in [-0.1, -0.05) is 29.8 Å². The highest BCUT2D eigenvalue weighted by atomic mass is 35.5. The monoisotopic (exact) mass is 303 g/mol. The van der Waals surface area contributed by atoms with Gasteiger partial charge in [0.1, 0.15) is 0 Å². The summed E-state index contributed by atoms with van der Waals surface area (Å²) in [6.45, 7) is 3.72. The minimum Gasteiger partial charge on any atom is -0.478 e. The quantitative estimate of drug-likeness (QED) is 0.903. The fourth-order valence-corrected chi connectivity index (χ4v) is 2.33. The number of aromatic carboxylic acids is 1. The second-order valence-corrected chi connectivity index (χ2v) is 5.13. The van der Waals surface area contributed by atoms with E-state index in [9.17, 15) is 9.59 Å². The zero-order chi connectivity index (χ0) is 15.6. The number of carbonyl (C=O) groups excluding carboxylic acids is 1. The van der Waals surface area contributed by atoms with Crippen LogP contribution in [0, 0.1) is 13.8 Å². The van der Waals surface area contributed by atoms with Crippen molar-refractivity contribution in [1.29, 1.82) is 0 Å². The predicted octanol–water partition coefficient (Wildman–Crippen LogP) is 3.91. The fraction of sp³-hybridized carbons (Fsp3) is 0.125. The van der Waals surface area contributed by atoms with E-state index in [2.05, 4.69) is 5.32 Å². The van der Waals surface area contributed by atoms with Gasteiger partial charge in [-0.05, 0) is 43.2 Å². The van der Waals surface area contributed by atoms with Crippen LogP contribution in [0.5, 0.6) is 0 Å². The molecule has 21 heavy (non-hydrogen) atoms. The third-order valence-electron chi connectivity index (χ3n) is 3.17. The first kappa shape index (κ1) is 15.1. The van der Waals surface area contributed by atoms with Crippen LogP contribution in [0.1, 0.15) is 31.8 Å². The maximum absolute atomic E-state index is 12.3. The number of hydrogen-bond acceptors (Lipinski definition) is 2. The number of halogens is 1. The summed E-state index contributed by atoms with van der Waals surface area (Å²) in [5, 5.41) is 11.8. The Hall–Kier alpha value is -2.33. The second-order valence-electron chi connectivity index (χ2n) is 4.72. The molecule has 0 aliphatic rings. The first-order chi connectivity index (χ1) is 9.90. The highest BCUT2D eigenvalue weighted by Gasteiger charge is 2.14. The number of rotatable bonds is 3. The Morgan fingerprint density at radius 3 is 2.24 bits per heavy atom. The molecule has 4 nitrogen and oxygen atoms in total. The molecule has 2 aromatic carbocycles. The average molecular weight is 304 g/mol. The molecule has 2 N–H and O–H groups in total. The molecule has 0 aromatic heterocycles. The molecule has 0 saturated carbocycles. The van der Waals surface area contributed by atoms with Crippen LogP contribution in [-0.4, -0.2) is 17.0 Å². The van der Waals surface area contributed by atoms with Crippen LogP contribution >= 0.6 is 11.6 Å². The van der Waals surface area contributed by atoms with Gasteiger partial charge in [-0.25, -0.2) is 4.79 Å². The number of benzene rings is 2. The van der Waals surface area contributed by atoms with Crippen molar-refractivity contribution >= 4 is 29.2 Å². The zero-order valence-corrected chi connectivity index (χ0v) is 12.4. The summed E-state index contributed by atoms with van der Waals surface area (Å²) in [5.41, 5.74) is 2.78. The molecule has 0 atom stereocenters. The van der Waals surface area contributed by atoms with Crippen LogP contribution in [0.4, 0.5) is 5.69 Å². The van der Waals surface area contributed by atoms with E-state index >= 15 is 0 Å². The molecule has 0 fully saturated rings. The van der Waals surface area contributed by atoms with E-state index in [0.717, 1.165) is 11.1 Å². The molecule has 1 amide bonds. The molecule has 0 saturated heterocycles. The molecular weight excluding hydrogens is 290 g/mol. The number of carboxylic acids is 1. The number of carboxylic acid groups (broad SMARTS) is 1. The highest BCUT2D eigenvalue weighted by Crippen LogP contribution is 2.24. The third-order valence-corrected chi connectivity index (χ3v) is 3.49.